The molecule has 8 heteroatoms. The molecule has 0 aliphatic carbocycles. The van der Waals surface area contributed by atoms with Crippen LogP contribution in [0.5, 0.6) is 0 Å². The second kappa shape index (κ2) is 9.88. The SMILES string of the molecule is O=C(O)CNCC(=O)O.O[B]O. The molecule has 0 spiro atoms. The van der Waals surface area contributed by atoms with Crippen molar-refractivity contribution < 1.29 is 29.9 Å². The zero-order chi connectivity index (χ0) is 9.98. The summed E-state index contributed by atoms with van der Waals surface area (Å²) in [6.07, 6.45) is 0. The molecule has 0 aromatic heterocycles. The van der Waals surface area contributed by atoms with Crippen LogP contribution < -0.4 is 5.32 Å². The van der Waals surface area contributed by atoms with Gasteiger partial charge in [-0.1, -0.05) is 0 Å². The summed E-state index contributed by atoms with van der Waals surface area (Å²) in [6.45, 7) is -0.626. The van der Waals surface area contributed by atoms with E-state index in [4.69, 9.17) is 20.3 Å². The second-order valence-corrected chi connectivity index (χ2v) is 1.51. The van der Waals surface area contributed by atoms with Crippen molar-refractivity contribution >= 4 is 19.6 Å². The summed E-state index contributed by atoms with van der Waals surface area (Å²) in [7, 11) is 0. The summed E-state index contributed by atoms with van der Waals surface area (Å²) in [5.41, 5.74) is 0. The fourth-order valence-electron chi connectivity index (χ4n) is 0.276. The van der Waals surface area contributed by atoms with Gasteiger partial charge in [0.1, 0.15) is 0 Å². The highest BCUT2D eigenvalue weighted by atomic mass is 16.4. The van der Waals surface area contributed by atoms with E-state index in [-0.39, 0.29) is 20.8 Å². The molecule has 0 amide bonds. The van der Waals surface area contributed by atoms with Crippen molar-refractivity contribution in [3.63, 3.8) is 0 Å². The van der Waals surface area contributed by atoms with Gasteiger partial charge < -0.3 is 20.3 Å². The Balaban J connectivity index is 0. The van der Waals surface area contributed by atoms with Gasteiger partial charge in [-0.05, 0) is 0 Å². The predicted octanol–water partition coefficient (Wildman–Crippen LogP) is -2.75. The van der Waals surface area contributed by atoms with Crippen LogP contribution in [-0.4, -0.2) is 53.0 Å². The maximum Gasteiger partial charge on any atom is 0.482 e. The van der Waals surface area contributed by atoms with E-state index in [0.29, 0.717) is 0 Å². The van der Waals surface area contributed by atoms with E-state index in [1.165, 1.54) is 0 Å². The Morgan fingerprint density at radius 3 is 1.50 bits per heavy atom. The first-order chi connectivity index (χ1) is 5.54. The molecule has 0 aliphatic heterocycles. The van der Waals surface area contributed by atoms with Gasteiger partial charge in [-0.25, -0.2) is 0 Å². The maximum atomic E-state index is 9.73. The Labute approximate surface area is 68.9 Å². The molecule has 0 heterocycles. The minimum atomic E-state index is -1.06. The number of hydrogen-bond acceptors (Lipinski definition) is 5. The quantitative estimate of drug-likeness (QED) is 0.295. The Kier molecular flexibility index (Phi) is 11.1. The first-order valence-electron chi connectivity index (χ1n) is 2.79. The van der Waals surface area contributed by atoms with Crippen LogP contribution in [-0.2, 0) is 9.59 Å². The van der Waals surface area contributed by atoms with Crippen molar-refractivity contribution in [3.05, 3.63) is 0 Å². The Morgan fingerprint density at radius 1 is 1.08 bits per heavy atom. The lowest BCUT2D eigenvalue weighted by molar-refractivity contribution is -0.137. The van der Waals surface area contributed by atoms with E-state index in [1.54, 1.807) is 0 Å². The number of hydrogen-bond donors (Lipinski definition) is 5. The highest BCUT2D eigenvalue weighted by Crippen LogP contribution is 1.61. The van der Waals surface area contributed by atoms with E-state index in [9.17, 15) is 9.59 Å². The zero-order valence-corrected chi connectivity index (χ0v) is 6.10. The molecule has 0 fully saturated rings. The molecule has 0 aliphatic rings. The minimum Gasteiger partial charge on any atom is -0.480 e. The fourth-order valence-corrected chi connectivity index (χ4v) is 0.276. The van der Waals surface area contributed by atoms with E-state index in [0.717, 1.165) is 0 Å². The number of aliphatic carboxylic acids is 2. The monoisotopic (exact) mass is 178 g/mol. The largest absolute Gasteiger partial charge is 0.482 e. The Morgan fingerprint density at radius 2 is 1.33 bits per heavy atom. The van der Waals surface area contributed by atoms with E-state index in [1.807, 2.05) is 0 Å². The van der Waals surface area contributed by atoms with Crippen LogP contribution in [0.4, 0.5) is 0 Å². The molecule has 12 heavy (non-hydrogen) atoms. The molecule has 0 aromatic rings. The summed E-state index contributed by atoms with van der Waals surface area (Å²) in [5, 5.41) is 32.1. The first-order valence-corrected chi connectivity index (χ1v) is 2.79. The molecule has 0 bridgehead atoms. The third kappa shape index (κ3) is 23.1. The molecule has 0 unspecified atom stereocenters. The van der Waals surface area contributed by atoms with Gasteiger partial charge in [0.05, 0.1) is 13.1 Å². The Bertz CT molecular complexity index is 126. The maximum absolute atomic E-state index is 9.73. The fraction of sp³-hybridized carbons (Fsp3) is 0.500. The normalized spacial score (nSPS) is 7.83. The van der Waals surface area contributed by atoms with Crippen LogP contribution in [0.15, 0.2) is 0 Å². The van der Waals surface area contributed by atoms with Gasteiger partial charge in [0.25, 0.3) is 0 Å². The van der Waals surface area contributed by atoms with Gasteiger partial charge in [0.15, 0.2) is 0 Å². The van der Waals surface area contributed by atoms with E-state index >= 15 is 0 Å². The summed E-state index contributed by atoms with van der Waals surface area (Å²) in [4.78, 5) is 19.5. The Hall–Kier alpha value is -1.12. The van der Waals surface area contributed by atoms with Gasteiger partial charge in [-0.2, -0.15) is 0 Å². The summed E-state index contributed by atoms with van der Waals surface area (Å²) in [6, 6.07) is 0. The van der Waals surface area contributed by atoms with Crippen LogP contribution in [0, 0.1) is 0 Å². The van der Waals surface area contributed by atoms with Crippen LogP contribution in [0.1, 0.15) is 0 Å². The van der Waals surface area contributed by atoms with Gasteiger partial charge in [-0.3, -0.25) is 14.9 Å². The number of nitrogens with one attached hydrogen (secondary N) is 1. The second-order valence-electron chi connectivity index (χ2n) is 1.51. The van der Waals surface area contributed by atoms with Crippen molar-refractivity contribution in [2.45, 2.75) is 0 Å². The van der Waals surface area contributed by atoms with Crippen molar-refractivity contribution in [1.82, 2.24) is 5.32 Å². The molecule has 7 nitrogen and oxygen atoms in total. The van der Waals surface area contributed by atoms with E-state index < -0.39 is 11.9 Å². The number of rotatable bonds is 4. The highest BCUT2D eigenvalue weighted by Gasteiger charge is 1.97. The lowest BCUT2D eigenvalue weighted by atomic mass is 10.5. The molecule has 0 rings (SSSR count). The average molecular weight is 178 g/mol. The molecule has 0 saturated carbocycles. The van der Waals surface area contributed by atoms with E-state index in [2.05, 4.69) is 5.32 Å². The molecule has 0 aromatic carbocycles. The zero-order valence-electron chi connectivity index (χ0n) is 6.10. The van der Waals surface area contributed by atoms with Gasteiger partial charge >= 0.3 is 19.6 Å². The van der Waals surface area contributed by atoms with Crippen LogP contribution in [0.25, 0.3) is 0 Å². The van der Waals surface area contributed by atoms with Crippen molar-refractivity contribution in [3.8, 4) is 0 Å². The van der Waals surface area contributed by atoms with Crippen molar-refractivity contribution in [1.29, 1.82) is 0 Å². The average Bonchev–Trinajstić information content (AvgIpc) is 1.87. The predicted molar refractivity (Wildman–Crippen MR) is 38.3 cm³/mol. The summed E-state index contributed by atoms with van der Waals surface area (Å²) >= 11 is 0. The first kappa shape index (κ1) is 13.5. The number of carbonyl (C=O) groups is 2. The van der Waals surface area contributed by atoms with Crippen LogP contribution >= 0.6 is 0 Å². The molecule has 0 atom stereocenters. The van der Waals surface area contributed by atoms with Crippen molar-refractivity contribution in [2.24, 2.45) is 0 Å². The molecule has 0 saturated heterocycles. The molecule has 69 valence electrons. The molecular formula is C4H9BNO6. The highest BCUT2D eigenvalue weighted by molar-refractivity contribution is 6.13. The van der Waals surface area contributed by atoms with Crippen molar-refractivity contribution in [2.75, 3.05) is 13.1 Å². The minimum absolute atomic E-state index is 0. The van der Waals surface area contributed by atoms with Gasteiger partial charge in [0.2, 0.25) is 0 Å². The summed E-state index contributed by atoms with van der Waals surface area (Å²) in [5.74, 6) is -2.12. The lowest BCUT2D eigenvalue weighted by Crippen LogP contribution is -2.27. The lowest BCUT2D eigenvalue weighted by Gasteiger charge is -1.93. The number of carboxylic acids is 2. The third-order valence-electron chi connectivity index (χ3n) is 0.552. The molecule has 1 radical (unpaired) electrons. The topological polar surface area (TPSA) is 127 Å². The van der Waals surface area contributed by atoms with Crippen LogP contribution in [0.2, 0.25) is 0 Å². The number of carboxylic acid groups (broad SMARTS) is 2. The van der Waals surface area contributed by atoms with Gasteiger partial charge in [0, 0.05) is 0 Å². The summed E-state index contributed by atoms with van der Waals surface area (Å²) < 4.78 is 0. The standard InChI is InChI=1S/C4H7NO4.BH2O2/c6-3(7)1-5-2-4(8)9;2-1-3/h5H,1-2H2,(H,6,7)(H,8,9);2-3H. The smallest absolute Gasteiger partial charge is 0.480 e. The van der Waals surface area contributed by atoms with Gasteiger partial charge in [-0.15, -0.1) is 0 Å². The molecule has 5 N–H and O–H groups in total. The third-order valence-corrected chi connectivity index (χ3v) is 0.552. The van der Waals surface area contributed by atoms with Crippen LogP contribution in [0.3, 0.4) is 0 Å². The molecular weight excluding hydrogens is 169 g/mol.